The standard InChI is InChI=1S/C17H23ClN2O3/c1-17(2,11-18)16(23)20-8-6-13(7-9-20)19-15(22)12-4-3-5-14(21)10-12/h3-5,10,13,21H,6-9,11H2,1-2H3,(H,19,22). The summed E-state index contributed by atoms with van der Waals surface area (Å²) >= 11 is 5.86. The molecule has 0 radical (unpaired) electrons. The highest BCUT2D eigenvalue weighted by Gasteiger charge is 2.33. The first-order valence-corrected chi connectivity index (χ1v) is 8.32. The topological polar surface area (TPSA) is 69.6 Å². The van der Waals surface area contributed by atoms with E-state index in [1.54, 1.807) is 12.1 Å². The van der Waals surface area contributed by atoms with Crippen molar-refractivity contribution in [2.75, 3.05) is 19.0 Å². The van der Waals surface area contributed by atoms with Gasteiger partial charge in [-0.2, -0.15) is 0 Å². The number of piperidine rings is 1. The van der Waals surface area contributed by atoms with E-state index in [1.165, 1.54) is 12.1 Å². The number of benzene rings is 1. The van der Waals surface area contributed by atoms with E-state index in [9.17, 15) is 14.7 Å². The fourth-order valence-electron chi connectivity index (χ4n) is 2.63. The molecular formula is C17H23ClN2O3. The molecule has 6 heteroatoms. The quantitative estimate of drug-likeness (QED) is 0.828. The van der Waals surface area contributed by atoms with Gasteiger partial charge in [0.15, 0.2) is 0 Å². The molecule has 2 rings (SSSR count). The number of nitrogens with zero attached hydrogens (tertiary/aromatic N) is 1. The minimum atomic E-state index is -0.556. The van der Waals surface area contributed by atoms with Crippen molar-refractivity contribution in [3.8, 4) is 5.75 Å². The summed E-state index contributed by atoms with van der Waals surface area (Å²) < 4.78 is 0. The summed E-state index contributed by atoms with van der Waals surface area (Å²) in [4.78, 5) is 26.3. The second kappa shape index (κ2) is 7.21. The lowest BCUT2D eigenvalue weighted by Crippen LogP contribution is -2.50. The van der Waals surface area contributed by atoms with Crippen molar-refractivity contribution in [2.45, 2.75) is 32.7 Å². The number of phenols is 1. The number of likely N-dealkylation sites (tertiary alicyclic amines) is 1. The average Bonchev–Trinajstić information content (AvgIpc) is 2.55. The van der Waals surface area contributed by atoms with Gasteiger partial charge in [0.1, 0.15) is 5.75 Å². The van der Waals surface area contributed by atoms with E-state index in [2.05, 4.69) is 5.32 Å². The summed E-state index contributed by atoms with van der Waals surface area (Å²) in [7, 11) is 0. The Morgan fingerprint density at radius 1 is 1.35 bits per heavy atom. The zero-order valence-electron chi connectivity index (χ0n) is 13.5. The van der Waals surface area contributed by atoms with Crippen LogP contribution in [0.25, 0.3) is 0 Å². The molecule has 1 aromatic carbocycles. The van der Waals surface area contributed by atoms with Crippen LogP contribution in [0.4, 0.5) is 0 Å². The number of phenolic OH excluding ortho intramolecular Hbond substituents is 1. The minimum Gasteiger partial charge on any atom is -0.508 e. The smallest absolute Gasteiger partial charge is 0.251 e. The molecule has 2 amide bonds. The van der Waals surface area contributed by atoms with Gasteiger partial charge in [-0.25, -0.2) is 0 Å². The Bertz CT molecular complexity index is 581. The Balaban J connectivity index is 1.88. The molecule has 0 unspecified atom stereocenters. The molecule has 1 fully saturated rings. The zero-order valence-corrected chi connectivity index (χ0v) is 14.3. The molecule has 0 spiro atoms. The largest absolute Gasteiger partial charge is 0.508 e. The second-order valence-corrected chi connectivity index (χ2v) is 6.88. The maximum Gasteiger partial charge on any atom is 0.251 e. The summed E-state index contributed by atoms with van der Waals surface area (Å²) in [5.74, 6) is 0.221. The molecule has 0 atom stereocenters. The number of hydrogen-bond acceptors (Lipinski definition) is 3. The third kappa shape index (κ3) is 4.38. The number of amides is 2. The maximum atomic E-state index is 12.4. The summed E-state index contributed by atoms with van der Waals surface area (Å²) in [5.41, 5.74) is -0.120. The molecule has 5 nitrogen and oxygen atoms in total. The third-order valence-corrected chi connectivity index (χ3v) is 4.81. The van der Waals surface area contributed by atoms with Crippen molar-refractivity contribution in [3.05, 3.63) is 29.8 Å². The van der Waals surface area contributed by atoms with Crippen LogP contribution in [0.1, 0.15) is 37.0 Å². The van der Waals surface area contributed by atoms with Gasteiger partial charge in [-0.05, 0) is 44.9 Å². The van der Waals surface area contributed by atoms with Crippen LogP contribution in [0.2, 0.25) is 0 Å². The van der Waals surface area contributed by atoms with Gasteiger partial charge in [0.25, 0.3) is 5.91 Å². The summed E-state index contributed by atoms with van der Waals surface area (Å²) in [5, 5.41) is 12.4. The first-order valence-electron chi connectivity index (χ1n) is 7.79. The van der Waals surface area contributed by atoms with E-state index in [4.69, 9.17) is 11.6 Å². The van der Waals surface area contributed by atoms with Gasteiger partial charge >= 0.3 is 0 Å². The minimum absolute atomic E-state index is 0.0352. The molecule has 1 heterocycles. The van der Waals surface area contributed by atoms with Gasteiger partial charge in [-0.15, -0.1) is 11.6 Å². The van der Waals surface area contributed by atoms with E-state index < -0.39 is 5.41 Å². The highest BCUT2D eigenvalue weighted by atomic mass is 35.5. The first kappa shape index (κ1) is 17.6. The molecule has 1 aromatic rings. The van der Waals surface area contributed by atoms with Crippen LogP contribution in [-0.4, -0.2) is 46.8 Å². The van der Waals surface area contributed by atoms with Crippen molar-refractivity contribution in [2.24, 2.45) is 5.41 Å². The molecule has 1 saturated heterocycles. The average molecular weight is 339 g/mol. The van der Waals surface area contributed by atoms with Crippen LogP contribution < -0.4 is 5.32 Å². The number of carbonyl (C=O) groups is 2. The SMILES string of the molecule is CC(C)(CCl)C(=O)N1CCC(NC(=O)c2cccc(O)c2)CC1. The van der Waals surface area contributed by atoms with Crippen LogP contribution in [0, 0.1) is 5.41 Å². The van der Waals surface area contributed by atoms with Crippen molar-refractivity contribution >= 4 is 23.4 Å². The molecule has 2 N–H and O–H groups in total. The lowest BCUT2D eigenvalue weighted by atomic mass is 9.92. The Kier molecular flexibility index (Phi) is 5.52. The normalized spacial score (nSPS) is 16.2. The van der Waals surface area contributed by atoms with E-state index in [0.29, 0.717) is 37.4 Å². The fraction of sp³-hybridized carbons (Fsp3) is 0.529. The third-order valence-electron chi connectivity index (χ3n) is 4.14. The highest BCUT2D eigenvalue weighted by molar-refractivity contribution is 6.19. The molecular weight excluding hydrogens is 316 g/mol. The van der Waals surface area contributed by atoms with E-state index in [-0.39, 0.29) is 23.6 Å². The summed E-state index contributed by atoms with van der Waals surface area (Å²) in [6.07, 6.45) is 1.43. The Morgan fingerprint density at radius 3 is 2.57 bits per heavy atom. The van der Waals surface area contributed by atoms with Crippen LogP contribution in [0.15, 0.2) is 24.3 Å². The van der Waals surface area contributed by atoms with Gasteiger partial charge in [-0.1, -0.05) is 6.07 Å². The lowest BCUT2D eigenvalue weighted by molar-refractivity contribution is -0.140. The highest BCUT2D eigenvalue weighted by Crippen LogP contribution is 2.23. The van der Waals surface area contributed by atoms with Crippen LogP contribution in [-0.2, 0) is 4.79 Å². The van der Waals surface area contributed by atoms with Crippen molar-refractivity contribution in [1.29, 1.82) is 0 Å². The fourth-order valence-corrected chi connectivity index (χ4v) is 2.74. The van der Waals surface area contributed by atoms with Gasteiger partial charge in [0, 0.05) is 30.6 Å². The number of alkyl halides is 1. The predicted octanol–water partition coefficient (Wildman–Crippen LogP) is 2.38. The van der Waals surface area contributed by atoms with Crippen molar-refractivity contribution < 1.29 is 14.7 Å². The van der Waals surface area contributed by atoms with Gasteiger partial charge in [-0.3, -0.25) is 9.59 Å². The maximum absolute atomic E-state index is 12.4. The number of rotatable bonds is 4. The van der Waals surface area contributed by atoms with E-state index in [0.717, 1.165) is 0 Å². The molecule has 0 aromatic heterocycles. The molecule has 0 saturated carbocycles. The Labute approximate surface area is 141 Å². The molecule has 23 heavy (non-hydrogen) atoms. The predicted molar refractivity (Wildman–Crippen MR) is 89.7 cm³/mol. The van der Waals surface area contributed by atoms with Crippen molar-refractivity contribution in [3.63, 3.8) is 0 Å². The van der Waals surface area contributed by atoms with Gasteiger partial charge in [0.05, 0.1) is 5.41 Å². The number of hydrogen-bond donors (Lipinski definition) is 2. The van der Waals surface area contributed by atoms with Gasteiger partial charge in [0.2, 0.25) is 5.91 Å². The Hall–Kier alpha value is -1.75. The monoisotopic (exact) mass is 338 g/mol. The van der Waals surface area contributed by atoms with Crippen LogP contribution in [0.3, 0.4) is 0 Å². The Morgan fingerprint density at radius 2 is 2.00 bits per heavy atom. The molecule has 1 aliphatic rings. The lowest BCUT2D eigenvalue weighted by Gasteiger charge is -2.36. The second-order valence-electron chi connectivity index (χ2n) is 6.61. The number of carbonyl (C=O) groups excluding carboxylic acids is 2. The number of halogens is 1. The van der Waals surface area contributed by atoms with Crippen LogP contribution in [0.5, 0.6) is 5.75 Å². The first-order chi connectivity index (χ1) is 10.8. The van der Waals surface area contributed by atoms with E-state index in [1.807, 2.05) is 18.7 Å². The molecule has 0 aliphatic carbocycles. The van der Waals surface area contributed by atoms with Gasteiger partial charge < -0.3 is 15.3 Å². The van der Waals surface area contributed by atoms with Crippen molar-refractivity contribution in [1.82, 2.24) is 10.2 Å². The zero-order chi connectivity index (χ0) is 17.0. The van der Waals surface area contributed by atoms with Crippen LogP contribution >= 0.6 is 11.6 Å². The number of aromatic hydroxyl groups is 1. The summed E-state index contributed by atoms with van der Waals surface area (Å²) in [6, 6.07) is 6.31. The molecule has 126 valence electrons. The number of nitrogens with one attached hydrogen (secondary N) is 1. The summed E-state index contributed by atoms with van der Waals surface area (Å²) in [6.45, 7) is 4.92. The van der Waals surface area contributed by atoms with E-state index >= 15 is 0 Å². The molecule has 1 aliphatic heterocycles. The molecule has 0 bridgehead atoms.